The van der Waals surface area contributed by atoms with Crippen molar-refractivity contribution in [2.24, 2.45) is 5.92 Å². The van der Waals surface area contributed by atoms with Crippen molar-refractivity contribution in [1.29, 1.82) is 0 Å². The number of amides is 1. The second-order valence-corrected chi connectivity index (χ2v) is 5.55. The summed E-state index contributed by atoms with van der Waals surface area (Å²) in [6, 6.07) is 0. The lowest BCUT2D eigenvalue weighted by atomic mass is 9.97. The van der Waals surface area contributed by atoms with E-state index in [9.17, 15) is 9.59 Å². The lowest BCUT2D eigenvalue weighted by molar-refractivity contribution is -0.149. The van der Waals surface area contributed by atoms with Gasteiger partial charge in [-0.3, -0.25) is 9.59 Å². The summed E-state index contributed by atoms with van der Waals surface area (Å²) in [6.45, 7) is 5.35. The van der Waals surface area contributed by atoms with Gasteiger partial charge < -0.3 is 9.64 Å². The van der Waals surface area contributed by atoms with E-state index in [0.717, 1.165) is 30.5 Å². The fourth-order valence-electron chi connectivity index (χ4n) is 2.36. The molecule has 0 bridgehead atoms. The summed E-state index contributed by atoms with van der Waals surface area (Å²) in [7, 11) is 0. The maximum Gasteiger partial charge on any atom is 0.310 e. The summed E-state index contributed by atoms with van der Waals surface area (Å²) in [4.78, 5) is 25.9. The van der Waals surface area contributed by atoms with Gasteiger partial charge in [0.15, 0.2) is 0 Å². The van der Waals surface area contributed by atoms with Crippen molar-refractivity contribution in [3.63, 3.8) is 0 Å². The molecule has 1 saturated heterocycles. The first-order valence-electron chi connectivity index (χ1n) is 6.62. The van der Waals surface area contributed by atoms with Gasteiger partial charge in [0.25, 0.3) is 5.91 Å². The van der Waals surface area contributed by atoms with Crippen LogP contribution in [0.15, 0.2) is 10.8 Å². The molecule has 4 nitrogen and oxygen atoms in total. The van der Waals surface area contributed by atoms with E-state index in [4.69, 9.17) is 4.74 Å². The molecule has 104 valence electrons. The lowest BCUT2D eigenvalue weighted by Gasteiger charge is -2.31. The van der Waals surface area contributed by atoms with Crippen molar-refractivity contribution >= 4 is 23.2 Å². The van der Waals surface area contributed by atoms with Crippen LogP contribution in [0.2, 0.25) is 0 Å². The highest BCUT2D eigenvalue weighted by atomic mass is 32.1. The molecule has 1 aromatic heterocycles. The Morgan fingerprint density at radius 1 is 1.47 bits per heavy atom. The van der Waals surface area contributed by atoms with Crippen LogP contribution in [0.4, 0.5) is 0 Å². The van der Waals surface area contributed by atoms with Gasteiger partial charge in [0, 0.05) is 18.5 Å². The Hall–Kier alpha value is -1.36. The van der Waals surface area contributed by atoms with E-state index < -0.39 is 0 Å². The van der Waals surface area contributed by atoms with E-state index in [1.54, 1.807) is 11.8 Å². The fraction of sp³-hybridized carbons (Fsp3) is 0.571. The number of likely N-dealkylation sites (tertiary alicyclic amines) is 1. The Morgan fingerprint density at radius 2 is 2.26 bits per heavy atom. The van der Waals surface area contributed by atoms with Crippen LogP contribution >= 0.6 is 11.3 Å². The van der Waals surface area contributed by atoms with Gasteiger partial charge in [-0.1, -0.05) is 0 Å². The fourth-order valence-corrected chi connectivity index (χ4v) is 3.19. The number of nitrogens with zero attached hydrogens (tertiary/aromatic N) is 1. The number of rotatable bonds is 3. The third kappa shape index (κ3) is 3.15. The SMILES string of the molecule is CCOC(=O)C1CCCN(C(=O)c2cscc2C)C1. The third-order valence-corrected chi connectivity index (χ3v) is 4.28. The number of hydrogen-bond donors (Lipinski definition) is 0. The van der Waals surface area contributed by atoms with Crippen LogP contribution in [0, 0.1) is 12.8 Å². The summed E-state index contributed by atoms with van der Waals surface area (Å²) >= 11 is 1.53. The maximum atomic E-state index is 12.4. The van der Waals surface area contributed by atoms with E-state index >= 15 is 0 Å². The highest BCUT2D eigenvalue weighted by molar-refractivity contribution is 7.08. The van der Waals surface area contributed by atoms with Crippen molar-refractivity contribution < 1.29 is 14.3 Å². The van der Waals surface area contributed by atoms with Crippen LogP contribution in [0.1, 0.15) is 35.7 Å². The number of aryl methyl sites for hydroxylation is 1. The minimum absolute atomic E-state index is 0.0350. The number of piperidine rings is 1. The second kappa shape index (κ2) is 6.19. The molecular formula is C14H19NO3S. The predicted molar refractivity (Wildman–Crippen MR) is 74.3 cm³/mol. The van der Waals surface area contributed by atoms with Gasteiger partial charge in [-0.15, -0.1) is 0 Å². The summed E-state index contributed by atoms with van der Waals surface area (Å²) in [5.41, 5.74) is 1.77. The van der Waals surface area contributed by atoms with Crippen molar-refractivity contribution in [2.45, 2.75) is 26.7 Å². The topological polar surface area (TPSA) is 46.6 Å². The van der Waals surface area contributed by atoms with Crippen LogP contribution in [0.3, 0.4) is 0 Å². The van der Waals surface area contributed by atoms with Crippen LogP contribution in [-0.2, 0) is 9.53 Å². The molecule has 1 fully saturated rings. The summed E-state index contributed by atoms with van der Waals surface area (Å²) in [5, 5.41) is 3.85. The third-order valence-electron chi connectivity index (χ3n) is 3.41. The van der Waals surface area contributed by atoms with Gasteiger partial charge >= 0.3 is 5.97 Å². The molecule has 2 rings (SSSR count). The molecule has 1 aliphatic heterocycles. The maximum absolute atomic E-state index is 12.4. The number of thiophene rings is 1. The van der Waals surface area contributed by atoms with Crippen LogP contribution < -0.4 is 0 Å². The molecule has 0 aromatic carbocycles. The molecule has 1 atom stereocenters. The first kappa shape index (κ1) is 14.1. The minimum Gasteiger partial charge on any atom is -0.466 e. The van der Waals surface area contributed by atoms with Crippen molar-refractivity contribution in [2.75, 3.05) is 19.7 Å². The number of esters is 1. The van der Waals surface area contributed by atoms with E-state index in [1.807, 2.05) is 17.7 Å². The number of ether oxygens (including phenoxy) is 1. The van der Waals surface area contributed by atoms with E-state index in [2.05, 4.69) is 0 Å². The van der Waals surface area contributed by atoms with Crippen molar-refractivity contribution in [3.8, 4) is 0 Å². The molecule has 1 unspecified atom stereocenters. The molecule has 0 aliphatic carbocycles. The van der Waals surface area contributed by atoms with Crippen molar-refractivity contribution in [3.05, 3.63) is 21.9 Å². The monoisotopic (exact) mass is 281 g/mol. The van der Waals surface area contributed by atoms with Crippen LogP contribution in [0.5, 0.6) is 0 Å². The highest BCUT2D eigenvalue weighted by Gasteiger charge is 2.30. The van der Waals surface area contributed by atoms with Gasteiger partial charge in [0.1, 0.15) is 0 Å². The molecule has 2 heterocycles. The van der Waals surface area contributed by atoms with Crippen LogP contribution in [-0.4, -0.2) is 36.5 Å². The van der Waals surface area contributed by atoms with E-state index in [-0.39, 0.29) is 17.8 Å². The molecule has 1 amide bonds. The molecule has 0 saturated carbocycles. The van der Waals surface area contributed by atoms with Gasteiger partial charge in [0.05, 0.1) is 18.1 Å². The Labute approximate surface area is 117 Å². The van der Waals surface area contributed by atoms with E-state index in [0.29, 0.717) is 13.2 Å². The second-order valence-electron chi connectivity index (χ2n) is 4.81. The molecule has 19 heavy (non-hydrogen) atoms. The zero-order valence-electron chi connectivity index (χ0n) is 11.3. The van der Waals surface area contributed by atoms with E-state index in [1.165, 1.54) is 11.3 Å². The Morgan fingerprint density at radius 3 is 2.89 bits per heavy atom. The molecular weight excluding hydrogens is 262 g/mol. The molecule has 1 aliphatic rings. The summed E-state index contributed by atoms with van der Waals surface area (Å²) in [6.07, 6.45) is 1.67. The summed E-state index contributed by atoms with van der Waals surface area (Å²) < 4.78 is 5.05. The summed E-state index contributed by atoms with van der Waals surface area (Å²) in [5.74, 6) is -0.314. The zero-order chi connectivity index (χ0) is 13.8. The molecule has 0 radical (unpaired) electrons. The molecule has 1 aromatic rings. The van der Waals surface area contributed by atoms with Crippen molar-refractivity contribution in [1.82, 2.24) is 4.90 Å². The Balaban J connectivity index is 2.03. The average Bonchev–Trinajstić information content (AvgIpc) is 2.84. The highest BCUT2D eigenvalue weighted by Crippen LogP contribution is 2.22. The van der Waals surface area contributed by atoms with Gasteiger partial charge in [-0.2, -0.15) is 11.3 Å². The molecule has 5 heteroatoms. The number of hydrogen-bond acceptors (Lipinski definition) is 4. The normalized spacial score (nSPS) is 19.3. The quantitative estimate of drug-likeness (QED) is 0.800. The first-order valence-corrected chi connectivity index (χ1v) is 7.56. The molecule has 0 N–H and O–H groups in total. The lowest BCUT2D eigenvalue weighted by Crippen LogP contribution is -2.42. The first-order chi connectivity index (χ1) is 9.13. The number of carbonyl (C=O) groups excluding carboxylic acids is 2. The van der Waals surface area contributed by atoms with Crippen LogP contribution in [0.25, 0.3) is 0 Å². The van der Waals surface area contributed by atoms with Gasteiger partial charge in [-0.25, -0.2) is 0 Å². The molecule has 0 spiro atoms. The smallest absolute Gasteiger partial charge is 0.310 e. The van der Waals surface area contributed by atoms with Gasteiger partial charge in [0.2, 0.25) is 0 Å². The van der Waals surface area contributed by atoms with Gasteiger partial charge in [-0.05, 0) is 37.6 Å². The largest absolute Gasteiger partial charge is 0.466 e. The number of carbonyl (C=O) groups is 2. The Kier molecular flexibility index (Phi) is 4.58. The standard InChI is InChI=1S/C14H19NO3S/c1-3-18-14(17)11-5-4-6-15(7-11)13(16)12-9-19-8-10(12)2/h8-9,11H,3-7H2,1-2H3. The zero-order valence-corrected chi connectivity index (χ0v) is 12.2. The average molecular weight is 281 g/mol. The Bertz CT molecular complexity index is 469. The predicted octanol–water partition coefficient (Wildman–Crippen LogP) is 2.47. The minimum atomic E-state index is -0.179.